The Morgan fingerprint density at radius 2 is 1.65 bits per heavy atom. The number of hydrogen-bond acceptors (Lipinski definition) is 3. The van der Waals surface area contributed by atoms with Gasteiger partial charge in [-0.25, -0.2) is 4.79 Å². The van der Waals surface area contributed by atoms with Crippen LogP contribution in [-0.2, 0) is 13.1 Å². The summed E-state index contributed by atoms with van der Waals surface area (Å²) in [7, 11) is 1.77. The Balaban J connectivity index is 1.69. The summed E-state index contributed by atoms with van der Waals surface area (Å²) in [4.78, 5) is 18.1. The van der Waals surface area contributed by atoms with Gasteiger partial charge in [0.05, 0.1) is 6.54 Å². The van der Waals surface area contributed by atoms with E-state index >= 15 is 0 Å². The van der Waals surface area contributed by atoms with Crippen LogP contribution in [0.4, 0.5) is 4.79 Å². The number of carbonyl (C=O) groups excluding carboxylic acids is 1. The molecule has 2 amide bonds. The lowest BCUT2D eigenvalue weighted by atomic mass is 10.2. The SMILES string of the molecule is CN1C(=O)NC(=NCc2ccccc2)C1NCc1ccccc1. The van der Waals surface area contributed by atoms with E-state index in [9.17, 15) is 4.79 Å². The Morgan fingerprint density at radius 3 is 2.30 bits per heavy atom. The third-order valence-electron chi connectivity index (χ3n) is 3.82. The molecule has 1 saturated heterocycles. The van der Waals surface area contributed by atoms with Gasteiger partial charge in [0.25, 0.3) is 0 Å². The zero-order chi connectivity index (χ0) is 16.1. The van der Waals surface area contributed by atoms with E-state index in [4.69, 9.17) is 0 Å². The fraction of sp³-hybridized carbons (Fsp3) is 0.222. The Kier molecular flexibility index (Phi) is 4.68. The number of benzene rings is 2. The molecule has 1 fully saturated rings. The van der Waals surface area contributed by atoms with E-state index in [-0.39, 0.29) is 12.2 Å². The number of amides is 2. The smallest absolute Gasteiger partial charge is 0.305 e. The first-order chi connectivity index (χ1) is 11.2. The highest BCUT2D eigenvalue weighted by Gasteiger charge is 2.33. The molecule has 1 unspecified atom stereocenters. The van der Waals surface area contributed by atoms with Crippen molar-refractivity contribution in [1.29, 1.82) is 0 Å². The number of aliphatic imine (C=N–C) groups is 1. The molecule has 5 heteroatoms. The molecule has 0 aromatic heterocycles. The van der Waals surface area contributed by atoms with Crippen molar-refractivity contribution in [3.63, 3.8) is 0 Å². The lowest BCUT2D eigenvalue weighted by Crippen LogP contribution is -2.44. The van der Waals surface area contributed by atoms with Crippen LogP contribution in [-0.4, -0.2) is 30.0 Å². The largest absolute Gasteiger partial charge is 0.324 e. The first-order valence-corrected chi connectivity index (χ1v) is 7.63. The molecule has 2 N–H and O–H groups in total. The van der Waals surface area contributed by atoms with Crippen LogP contribution >= 0.6 is 0 Å². The van der Waals surface area contributed by atoms with Gasteiger partial charge in [-0.05, 0) is 11.1 Å². The summed E-state index contributed by atoms with van der Waals surface area (Å²) in [5, 5.41) is 6.21. The quantitative estimate of drug-likeness (QED) is 0.891. The Bertz CT molecular complexity index is 685. The van der Waals surface area contributed by atoms with Crippen molar-refractivity contribution < 1.29 is 4.79 Å². The normalized spacial score (nSPS) is 19.2. The molecule has 0 bridgehead atoms. The maximum absolute atomic E-state index is 11.9. The molecule has 1 aliphatic heterocycles. The average molecular weight is 308 g/mol. The molecule has 1 aliphatic rings. The molecule has 0 saturated carbocycles. The fourth-order valence-electron chi connectivity index (χ4n) is 2.50. The fourth-order valence-corrected chi connectivity index (χ4v) is 2.50. The van der Waals surface area contributed by atoms with Crippen molar-refractivity contribution in [3.05, 3.63) is 71.8 Å². The van der Waals surface area contributed by atoms with Crippen LogP contribution in [0.15, 0.2) is 65.7 Å². The second-order valence-electron chi connectivity index (χ2n) is 5.50. The summed E-state index contributed by atoms with van der Waals surface area (Å²) in [6.45, 7) is 1.23. The maximum Gasteiger partial charge on any atom is 0.324 e. The Labute approximate surface area is 136 Å². The van der Waals surface area contributed by atoms with Crippen molar-refractivity contribution in [2.75, 3.05) is 7.05 Å². The highest BCUT2D eigenvalue weighted by molar-refractivity contribution is 6.06. The minimum atomic E-state index is -0.230. The highest BCUT2D eigenvalue weighted by atomic mass is 16.2. The van der Waals surface area contributed by atoms with Crippen LogP contribution < -0.4 is 10.6 Å². The Hall–Kier alpha value is -2.66. The van der Waals surface area contributed by atoms with Crippen LogP contribution in [0.3, 0.4) is 0 Å². The van der Waals surface area contributed by atoms with Crippen LogP contribution in [0.2, 0.25) is 0 Å². The van der Waals surface area contributed by atoms with Crippen molar-refractivity contribution >= 4 is 11.9 Å². The zero-order valence-electron chi connectivity index (χ0n) is 13.1. The summed E-state index contributed by atoms with van der Waals surface area (Å²) < 4.78 is 0. The van der Waals surface area contributed by atoms with E-state index in [0.29, 0.717) is 18.9 Å². The standard InChI is InChI=1S/C18H20N4O/c1-22-17(20-13-15-10-6-3-7-11-15)16(21-18(22)23)19-12-14-8-4-2-5-9-14/h2-11,17,20H,12-13H2,1H3,(H,19,21,23). The predicted molar refractivity (Wildman–Crippen MR) is 90.9 cm³/mol. The van der Waals surface area contributed by atoms with Gasteiger partial charge >= 0.3 is 6.03 Å². The lowest BCUT2D eigenvalue weighted by Gasteiger charge is -2.19. The number of carbonyl (C=O) groups is 1. The predicted octanol–water partition coefficient (Wildman–Crippen LogP) is 2.36. The number of likely N-dealkylation sites (N-methyl/N-ethyl adjacent to an activating group) is 1. The number of urea groups is 1. The van der Waals surface area contributed by atoms with Gasteiger partial charge in [0.2, 0.25) is 0 Å². The van der Waals surface area contributed by atoms with Crippen molar-refractivity contribution in [2.45, 2.75) is 19.3 Å². The monoisotopic (exact) mass is 308 g/mol. The van der Waals surface area contributed by atoms with Gasteiger partial charge in [0, 0.05) is 13.6 Å². The highest BCUT2D eigenvalue weighted by Crippen LogP contribution is 2.09. The minimum absolute atomic E-state index is 0.137. The van der Waals surface area contributed by atoms with Crippen LogP contribution in [0, 0.1) is 0 Å². The van der Waals surface area contributed by atoms with E-state index in [2.05, 4.69) is 27.8 Å². The molecular formula is C18H20N4O. The van der Waals surface area contributed by atoms with Gasteiger partial charge in [-0.3, -0.25) is 15.6 Å². The van der Waals surface area contributed by atoms with Gasteiger partial charge in [-0.1, -0.05) is 60.7 Å². The van der Waals surface area contributed by atoms with Gasteiger partial charge in [-0.15, -0.1) is 0 Å². The van der Waals surface area contributed by atoms with E-state index in [1.165, 1.54) is 5.56 Å². The summed E-state index contributed by atoms with van der Waals surface area (Å²) in [6.07, 6.45) is -0.230. The first kappa shape index (κ1) is 15.2. The third kappa shape index (κ3) is 3.76. The van der Waals surface area contributed by atoms with Crippen LogP contribution in [0.1, 0.15) is 11.1 Å². The van der Waals surface area contributed by atoms with Gasteiger partial charge in [0.15, 0.2) is 0 Å². The van der Waals surface area contributed by atoms with Crippen molar-refractivity contribution in [2.24, 2.45) is 4.99 Å². The van der Waals surface area contributed by atoms with Gasteiger partial charge in [-0.2, -0.15) is 0 Å². The molecule has 118 valence electrons. The average Bonchev–Trinajstić information content (AvgIpc) is 2.87. The number of hydrogen-bond donors (Lipinski definition) is 2. The molecule has 0 spiro atoms. The molecule has 3 rings (SSSR count). The lowest BCUT2D eigenvalue weighted by molar-refractivity contribution is 0.211. The summed E-state index contributed by atoms with van der Waals surface area (Å²) in [5.41, 5.74) is 2.29. The molecule has 2 aromatic rings. The summed E-state index contributed by atoms with van der Waals surface area (Å²) >= 11 is 0. The number of nitrogens with one attached hydrogen (secondary N) is 2. The van der Waals surface area contributed by atoms with Gasteiger partial charge < -0.3 is 4.90 Å². The van der Waals surface area contributed by atoms with Crippen LogP contribution in [0.5, 0.6) is 0 Å². The van der Waals surface area contributed by atoms with Gasteiger partial charge in [0.1, 0.15) is 12.0 Å². The molecule has 0 radical (unpaired) electrons. The molecule has 5 nitrogen and oxygen atoms in total. The first-order valence-electron chi connectivity index (χ1n) is 7.63. The van der Waals surface area contributed by atoms with Crippen molar-refractivity contribution in [3.8, 4) is 0 Å². The molecular weight excluding hydrogens is 288 g/mol. The zero-order valence-corrected chi connectivity index (χ0v) is 13.1. The second kappa shape index (κ2) is 7.07. The van der Waals surface area contributed by atoms with E-state index in [1.807, 2.05) is 48.5 Å². The molecule has 23 heavy (non-hydrogen) atoms. The van der Waals surface area contributed by atoms with E-state index < -0.39 is 0 Å². The number of rotatable bonds is 5. The molecule has 0 aliphatic carbocycles. The molecule has 1 heterocycles. The second-order valence-corrected chi connectivity index (χ2v) is 5.50. The number of amidine groups is 1. The summed E-state index contributed by atoms with van der Waals surface area (Å²) in [5.74, 6) is 0.664. The number of nitrogens with zero attached hydrogens (tertiary/aromatic N) is 2. The minimum Gasteiger partial charge on any atom is -0.305 e. The van der Waals surface area contributed by atoms with E-state index in [0.717, 1.165) is 5.56 Å². The molecule has 1 atom stereocenters. The molecule has 2 aromatic carbocycles. The topological polar surface area (TPSA) is 56.7 Å². The van der Waals surface area contributed by atoms with Crippen molar-refractivity contribution in [1.82, 2.24) is 15.5 Å². The third-order valence-corrected chi connectivity index (χ3v) is 3.82. The maximum atomic E-state index is 11.9. The van der Waals surface area contributed by atoms with E-state index in [1.54, 1.807) is 11.9 Å². The Morgan fingerprint density at radius 1 is 1.04 bits per heavy atom. The van der Waals surface area contributed by atoms with Crippen LogP contribution in [0.25, 0.3) is 0 Å². The summed E-state index contributed by atoms with van der Waals surface area (Å²) in [6, 6.07) is 20.0.